The van der Waals surface area contributed by atoms with Crippen molar-refractivity contribution in [1.82, 2.24) is 4.98 Å². The third-order valence-corrected chi connectivity index (χ3v) is 3.00. The summed E-state index contributed by atoms with van der Waals surface area (Å²) >= 11 is 3.34. The van der Waals surface area contributed by atoms with E-state index < -0.39 is 6.10 Å². The number of aliphatic hydroxyl groups is 1. The highest BCUT2D eigenvalue weighted by Crippen LogP contribution is 2.25. The SMILES string of the molecule is CC[C@@H](O)c1ccc(Oc2cncc(Br)c2)cc1. The maximum absolute atomic E-state index is 9.69. The largest absolute Gasteiger partial charge is 0.456 e. The summed E-state index contributed by atoms with van der Waals surface area (Å²) in [6, 6.07) is 9.27. The Balaban J connectivity index is 2.11. The summed E-state index contributed by atoms with van der Waals surface area (Å²) in [5, 5.41) is 9.69. The van der Waals surface area contributed by atoms with E-state index in [-0.39, 0.29) is 0 Å². The molecule has 0 unspecified atom stereocenters. The van der Waals surface area contributed by atoms with Crippen LogP contribution >= 0.6 is 15.9 Å². The van der Waals surface area contributed by atoms with E-state index in [0.717, 1.165) is 15.8 Å². The van der Waals surface area contributed by atoms with Gasteiger partial charge >= 0.3 is 0 Å². The topological polar surface area (TPSA) is 42.4 Å². The van der Waals surface area contributed by atoms with Gasteiger partial charge in [-0.3, -0.25) is 4.98 Å². The predicted molar refractivity (Wildman–Crippen MR) is 73.7 cm³/mol. The minimum Gasteiger partial charge on any atom is -0.456 e. The Hall–Kier alpha value is -1.39. The van der Waals surface area contributed by atoms with Crippen molar-refractivity contribution in [2.24, 2.45) is 0 Å². The van der Waals surface area contributed by atoms with Gasteiger partial charge in [0.1, 0.15) is 11.5 Å². The zero-order valence-electron chi connectivity index (χ0n) is 10.0. The van der Waals surface area contributed by atoms with Crippen molar-refractivity contribution in [3.05, 3.63) is 52.8 Å². The smallest absolute Gasteiger partial charge is 0.146 e. The summed E-state index contributed by atoms with van der Waals surface area (Å²) in [7, 11) is 0. The molecule has 0 aliphatic heterocycles. The van der Waals surface area contributed by atoms with Gasteiger partial charge < -0.3 is 9.84 Å². The van der Waals surface area contributed by atoms with Crippen molar-refractivity contribution in [1.29, 1.82) is 0 Å². The Morgan fingerprint density at radius 2 is 1.94 bits per heavy atom. The van der Waals surface area contributed by atoms with Gasteiger partial charge in [-0.1, -0.05) is 19.1 Å². The predicted octanol–water partition coefficient (Wildman–Crippen LogP) is 4.08. The van der Waals surface area contributed by atoms with E-state index in [4.69, 9.17) is 4.74 Å². The van der Waals surface area contributed by atoms with Gasteiger partial charge in [0.25, 0.3) is 0 Å². The van der Waals surface area contributed by atoms with Gasteiger partial charge in [0.05, 0.1) is 12.3 Å². The third-order valence-electron chi connectivity index (χ3n) is 2.57. The number of aromatic nitrogens is 1. The number of hydrogen-bond donors (Lipinski definition) is 1. The van der Waals surface area contributed by atoms with Crippen molar-refractivity contribution in [2.75, 3.05) is 0 Å². The van der Waals surface area contributed by atoms with E-state index in [1.807, 2.05) is 37.3 Å². The molecule has 94 valence electrons. The van der Waals surface area contributed by atoms with Crippen LogP contribution in [0.5, 0.6) is 11.5 Å². The molecule has 1 aromatic carbocycles. The Kier molecular flexibility index (Phi) is 4.33. The molecule has 0 fully saturated rings. The van der Waals surface area contributed by atoms with Crippen LogP contribution in [0.15, 0.2) is 47.2 Å². The van der Waals surface area contributed by atoms with Crippen LogP contribution in [0.2, 0.25) is 0 Å². The molecule has 0 saturated heterocycles. The number of nitrogens with zero attached hydrogens (tertiary/aromatic N) is 1. The van der Waals surface area contributed by atoms with E-state index in [0.29, 0.717) is 12.2 Å². The molecule has 0 spiro atoms. The number of halogens is 1. The maximum atomic E-state index is 9.69. The van der Waals surface area contributed by atoms with Gasteiger partial charge in [-0.15, -0.1) is 0 Å². The van der Waals surface area contributed by atoms with Crippen LogP contribution in [0.1, 0.15) is 25.0 Å². The molecule has 4 heteroatoms. The Morgan fingerprint density at radius 3 is 2.56 bits per heavy atom. The molecule has 0 aliphatic carbocycles. The van der Waals surface area contributed by atoms with Gasteiger partial charge in [0, 0.05) is 10.7 Å². The van der Waals surface area contributed by atoms with Gasteiger partial charge in [0.2, 0.25) is 0 Å². The molecule has 2 rings (SSSR count). The highest BCUT2D eigenvalue weighted by molar-refractivity contribution is 9.10. The van der Waals surface area contributed by atoms with E-state index in [1.54, 1.807) is 12.4 Å². The second kappa shape index (κ2) is 5.98. The lowest BCUT2D eigenvalue weighted by Crippen LogP contribution is -1.94. The number of aliphatic hydroxyl groups excluding tert-OH is 1. The average Bonchev–Trinajstić information content (AvgIpc) is 2.39. The van der Waals surface area contributed by atoms with Gasteiger partial charge in [0.15, 0.2) is 0 Å². The van der Waals surface area contributed by atoms with Crippen molar-refractivity contribution < 1.29 is 9.84 Å². The van der Waals surface area contributed by atoms with Crippen LogP contribution in [-0.4, -0.2) is 10.1 Å². The molecule has 1 atom stereocenters. The summed E-state index contributed by atoms with van der Waals surface area (Å²) in [5.41, 5.74) is 0.900. The third kappa shape index (κ3) is 3.31. The molecule has 0 aliphatic rings. The summed E-state index contributed by atoms with van der Waals surface area (Å²) < 4.78 is 6.53. The molecule has 0 radical (unpaired) electrons. The maximum Gasteiger partial charge on any atom is 0.146 e. The Bertz CT molecular complexity index is 513. The molecule has 18 heavy (non-hydrogen) atoms. The van der Waals surface area contributed by atoms with Crippen LogP contribution in [-0.2, 0) is 0 Å². The van der Waals surface area contributed by atoms with Crippen molar-refractivity contribution in [2.45, 2.75) is 19.4 Å². The fourth-order valence-electron chi connectivity index (χ4n) is 1.58. The minimum atomic E-state index is -0.411. The Labute approximate surface area is 115 Å². The standard InChI is InChI=1S/C14H14BrNO2/c1-2-14(17)10-3-5-12(6-4-10)18-13-7-11(15)8-16-9-13/h3-9,14,17H,2H2,1H3/t14-/m1/s1. The first-order valence-electron chi connectivity index (χ1n) is 5.75. The van der Waals surface area contributed by atoms with Crippen LogP contribution in [0.25, 0.3) is 0 Å². The molecule has 0 bridgehead atoms. The molecule has 1 heterocycles. The lowest BCUT2D eigenvalue weighted by atomic mass is 10.1. The van der Waals surface area contributed by atoms with Crippen LogP contribution < -0.4 is 4.74 Å². The summed E-state index contributed by atoms with van der Waals surface area (Å²) in [6.45, 7) is 1.95. The van der Waals surface area contributed by atoms with E-state index >= 15 is 0 Å². The molecular weight excluding hydrogens is 294 g/mol. The molecule has 1 aromatic heterocycles. The van der Waals surface area contributed by atoms with Gasteiger partial charge in [-0.25, -0.2) is 0 Å². The van der Waals surface area contributed by atoms with Gasteiger partial charge in [-0.2, -0.15) is 0 Å². The van der Waals surface area contributed by atoms with E-state index in [9.17, 15) is 5.11 Å². The highest BCUT2D eigenvalue weighted by atomic mass is 79.9. The second-order valence-electron chi connectivity index (χ2n) is 3.93. The van der Waals surface area contributed by atoms with Crippen molar-refractivity contribution in [3.8, 4) is 11.5 Å². The zero-order valence-corrected chi connectivity index (χ0v) is 11.6. The first-order chi connectivity index (χ1) is 8.69. The zero-order chi connectivity index (χ0) is 13.0. The lowest BCUT2D eigenvalue weighted by Gasteiger charge is -2.09. The Morgan fingerprint density at radius 1 is 1.22 bits per heavy atom. The lowest BCUT2D eigenvalue weighted by molar-refractivity contribution is 0.173. The fourth-order valence-corrected chi connectivity index (χ4v) is 1.92. The summed E-state index contributed by atoms with van der Waals surface area (Å²) in [4.78, 5) is 4.03. The van der Waals surface area contributed by atoms with Crippen molar-refractivity contribution in [3.63, 3.8) is 0 Å². The quantitative estimate of drug-likeness (QED) is 0.925. The number of hydrogen-bond acceptors (Lipinski definition) is 3. The fraction of sp³-hybridized carbons (Fsp3) is 0.214. The molecule has 1 N–H and O–H groups in total. The van der Waals surface area contributed by atoms with E-state index in [1.165, 1.54) is 0 Å². The molecule has 0 saturated carbocycles. The van der Waals surface area contributed by atoms with Gasteiger partial charge in [-0.05, 0) is 46.1 Å². The minimum absolute atomic E-state index is 0.411. The number of pyridine rings is 1. The van der Waals surface area contributed by atoms with Crippen molar-refractivity contribution >= 4 is 15.9 Å². The number of ether oxygens (including phenoxy) is 1. The molecular formula is C14H14BrNO2. The van der Waals surface area contributed by atoms with Crippen LogP contribution in [0, 0.1) is 0 Å². The number of rotatable bonds is 4. The first-order valence-corrected chi connectivity index (χ1v) is 6.54. The number of benzene rings is 1. The second-order valence-corrected chi connectivity index (χ2v) is 4.85. The van der Waals surface area contributed by atoms with Crippen LogP contribution in [0.3, 0.4) is 0 Å². The molecule has 0 amide bonds. The van der Waals surface area contributed by atoms with Crippen LogP contribution in [0.4, 0.5) is 0 Å². The summed E-state index contributed by atoms with van der Waals surface area (Å²) in [6.07, 6.45) is 3.65. The molecule has 3 nitrogen and oxygen atoms in total. The normalized spacial score (nSPS) is 12.2. The summed E-state index contributed by atoms with van der Waals surface area (Å²) in [5.74, 6) is 1.40. The average molecular weight is 308 g/mol. The first kappa shape index (κ1) is 13.1. The monoisotopic (exact) mass is 307 g/mol. The highest BCUT2D eigenvalue weighted by Gasteiger charge is 2.05. The van der Waals surface area contributed by atoms with E-state index in [2.05, 4.69) is 20.9 Å². The molecule has 2 aromatic rings.